The van der Waals surface area contributed by atoms with Crippen LogP contribution in [-0.2, 0) is 12.0 Å². The summed E-state index contributed by atoms with van der Waals surface area (Å²) < 4.78 is 0. The van der Waals surface area contributed by atoms with Gasteiger partial charge in [0.05, 0.1) is 0 Å². The van der Waals surface area contributed by atoms with Gasteiger partial charge in [0, 0.05) is 31.2 Å². The molecule has 0 aliphatic rings. The first-order valence-electron chi connectivity index (χ1n) is 8.31. The maximum atomic E-state index is 4.88. The summed E-state index contributed by atoms with van der Waals surface area (Å²) >= 11 is 0. The molecule has 0 bridgehead atoms. The van der Waals surface area contributed by atoms with Gasteiger partial charge in [-0.15, -0.1) is 0 Å². The van der Waals surface area contributed by atoms with E-state index in [2.05, 4.69) is 64.0 Å². The molecule has 0 aliphatic heterocycles. The van der Waals surface area contributed by atoms with Crippen LogP contribution in [0.2, 0.25) is 0 Å². The van der Waals surface area contributed by atoms with E-state index in [1.54, 1.807) is 0 Å². The highest BCUT2D eigenvalue weighted by Gasteiger charge is 2.18. The molecule has 1 rings (SSSR count). The van der Waals surface area contributed by atoms with Gasteiger partial charge in [-0.2, -0.15) is 0 Å². The fourth-order valence-corrected chi connectivity index (χ4v) is 2.17. The standard InChI is InChI=1S/C18H33N3/c1-7-9-11-21(6)17-13-15(14-19-10-8-2)12-16(20-17)18(3,4)5/h12-13,19H,7-11,14H2,1-6H3. The van der Waals surface area contributed by atoms with Crippen LogP contribution in [0.15, 0.2) is 12.1 Å². The second kappa shape index (κ2) is 8.38. The van der Waals surface area contributed by atoms with Crippen LogP contribution in [0.25, 0.3) is 0 Å². The number of hydrogen-bond donors (Lipinski definition) is 1. The Kier molecular flexibility index (Phi) is 7.16. The molecule has 1 aromatic rings. The van der Waals surface area contributed by atoms with Crippen LogP contribution in [0.5, 0.6) is 0 Å². The number of hydrogen-bond acceptors (Lipinski definition) is 3. The molecule has 0 aromatic carbocycles. The van der Waals surface area contributed by atoms with Gasteiger partial charge in [-0.1, -0.05) is 41.0 Å². The summed E-state index contributed by atoms with van der Waals surface area (Å²) in [5.41, 5.74) is 2.60. The highest BCUT2D eigenvalue weighted by atomic mass is 15.2. The van der Waals surface area contributed by atoms with E-state index in [9.17, 15) is 0 Å². The summed E-state index contributed by atoms with van der Waals surface area (Å²) in [7, 11) is 2.15. The second-order valence-electron chi connectivity index (χ2n) is 6.92. The SMILES string of the molecule is CCCCN(C)c1cc(CNCCC)cc(C(C)(C)C)n1. The lowest BCUT2D eigenvalue weighted by Gasteiger charge is -2.24. The highest BCUT2D eigenvalue weighted by molar-refractivity contribution is 5.43. The Hall–Kier alpha value is -1.09. The third-order valence-corrected chi connectivity index (χ3v) is 3.63. The minimum absolute atomic E-state index is 0.0844. The van der Waals surface area contributed by atoms with E-state index >= 15 is 0 Å². The zero-order valence-electron chi connectivity index (χ0n) is 14.8. The number of nitrogens with zero attached hydrogens (tertiary/aromatic N) is 2. The Bertz CT molecular complexity index is 421. The first-order chi connectivity index (χ1) is 9.88. The van der Waals surface area contributed by atoms with E-state index in [1.807, 2.05) is 0 Å². The van der Waals surface area contributed by atoms with Gasteiger partial charge in [0.2, 0.25) is 0 Å². The number of rotatable bonds is 8. The zero-order chi connectivity index (χ0) is 15.9. The van der Waals surface area contributed by atoms with Crippen molar-refractivity contribution >= 4 is 5.82 Å². The van der Waals surface area contributed by atoms with Gasteiger partial charge in [-0.05, 0) is 37.1 Å². The first kappa shape index (κ1) is 18.0. The van der Waals surface area contributed by atoms with E-state index in [0.717, 1.165) is 25.5 Å². The van der Waals surface area contributed by atoms with Crippen molar-refractivity contribution < 1.29 is 0 Å². The molecule has 1 aromatic heterocycles. The molecule has 0 unspecified atom stereocenters. The van der Waals surface area contributed by atoms with Gasteiger partial charge in [-0.3, -0.25) is 0 Å². The maximum Gasteiger partial charge on any atom is 0.128 e. The monoisotopic (exact) mass is 291 g/mol. The molecular weight excluding hydrogens is 258 g/mol. The van der Waals surface area contributed by atoms with Crippen molar-refractivity contribution in [2.45, 2.75) is 65.8 Å². The molecule has 0 radical (unpaired) electrons. The highest BCUT2D eigenvalue weighted by Crippen LogP contribution is 2.24. The smallest absolute Gasteiger partial charge is 0.128 e. The lowest BCUT2D eigenvalue weighted by Crippen LogP contribution is -2.23. The van der Waals surface area contributed by atoms with Crippen molar-refractivity contribution in [1.29, 1.82) is 0 Å². The summed E-state index contributed by atoms with van der Waals surface area (Å²) in [6.45, 7) is 14.2. The van der Waals surface area contributed by atoms with Gasteiger partial charge >= 0.3 is 0 Å². The molecule has 0 aliphatic carbocycles. The quantitative estimate of drug-likeness (QED) is 0.730. The summed E-state index contributed by atoms with van der Waals surface area (Å²) in [5.74, 6) is 1.10. The Morgan fingerprint density at radius 2 is 1.86 bits per heavy atom. The minimum atomic E-state index is 0.0844. The number of nitrogens with one attached hydrogen (secondary N) is 1. The van der Waals surface area contributed by atoms with Gasteiger partial charge in [0.1, 0.15) is 5.82 Å². The van der Waals surface area contributed by atoms with Crippen LogP contribution in [-0.4, -0.2) is 25.1 Å². The third-order valence-electron chi connectivity index (χ3n) is 3.63. The molecule has 21 heavy (non-hydrogen) atoms. The minimum Gasteiger partial charge on any atom is -0.360 e. The van der Waals surface area contributed by atoms with E-state index in [0.29, 0.717) is 0 Å². The number of anilines is 1. The molecule has 0 fully saturated rings. The molecule has 0 amide bonds. The molecule has 0 saturated heterocycles. The topological polar surface area (TPSA) is 28.2 Å². The molecule has 1 heterocycles. The molecule has 3 heteroatoms. The molecule has 1 N–H and O–H groups in total. The molecule has 3 nitrogen and oxygen atoms in total. The van der Waals surface area contributed by atoms with Crippen molar-refractivity contribution in [3.05, 3.63) is 23.4 Å². The first-order valence-corrected chi connectivity index (χ1v) is 8.31. The predicted molar refractivity (Wildman–Crippen MR) is 93.1 cm³/mol. The average molecular weight is 291 g/mol. The van der Waals surface area contributed by atoms with E-state index in [4.69, 9.17) is 4.98 Å². The molecule has 120 valence electrons. The van der Waals surface area contributed by atoms with Gasteiger partial charge < -0.3 is 10.2 Å². The number of aromatic nitrogens is 1. The van der Waals surface area contributed by atoms with Crippen LogP contribution in [0.4, 0.5) is 5.82 Å². The Morgan fingerprint density at radius 3 is 2.43 bits per heavy atom. The summed E-state index contributed by atoms with van der Waals surface area (Å²) in [5, 5.41) is 3.49. The number of pyridine rings is 1. The van der Waals surface area contributed by atoms with Crippen LogP contribution in [0.3, 0.4) is 0 Å². The average Bonchev–Trinajstić information content (AvgIpc) is 2.43. The van der Waals surface area contributed by atoms with Crippen molar-refractivity contribution in [3.8, 4) is 0 Å². The fraction of sp³-hybridized carbons (Fsp3) is 0.722. The van der Waals surface area contributed by atoms with Crippen LogP contribution < -0.4 is 10.2 Å². The number of unbranched alkanes of at least 4 members (excludes halogenated alkanes) is 1. The lowest BCUT2D eigenvalue weighted by molar-refractivity contribution is 0.565. The molecule has 0 spiro atoms. The lowest BCUT2D eigenvalue weighted by atomic mass is 9.90. The van der Waals surface area contributed by atoms with Gasteiger partial charge in [0.15, 0.2) is 0 Å². The van der Waals surface area contributed by atoms with Crippen molar-refractivity contribution in [1.82, 2.24) is 10.3 Å². The zero-order valence-corrected chi connectivity index (χ0v) is 14.8. The van der Waals surface area contributed by atoms with Crippen molar-refractivity contribution in [2.24, 2.45) is 0 Å². The van der Waals surface area contributed by atoms with E-state index in [-0.39, 0.29) is 5.41 Å². The van der Waals surface area contributed by atoms with Crippen LogP contribution in [0, 0.1) is 0 Å². The molecular formula is C18H33N3. The predicted octanol–water partition coefficient (Wildman–Crippen LogP) is 4.12. The van der Waals surface area contributed by atoms with Crippen molar-refractivity contribution in [3.63, 3.8) is 0 Å². The fourth-order valence-electron chi connectivity index (χ4n) is 2.17. The van der Waals surface area contributed by atoms with Gasteiger partial charge in [-0.25, -0.2) is 4.98 Å². The van der Waals surface area contributed by atoms with E-state index in [1.165, 1.54) is 30.5 Å². The van der Waals surface area contributed by atoms with Crippen LogP contribution >= 0.6 is 0 Å². The maximum absolute atomic E-state index is 4.88. The summed E-state index contributed by atoms with van der Waals surface area (Å²) in [6.07, 6.45) is 3.59. The Morgan fingerprint density at radius 1 is 1.14 bits per heavy atom. The van der Waals surface area contributed by atoms with Gasteiger partial charge in [0.25, 0.3) is 0 Å². The molecule has 0 atom stereocenters. The summed E-state index contributed by atoms with van der Waals surface area (Å²) in [4.78, 5) is 7.16. The van der Waals surface area contributed by atoms with E-state index < -0.39 is 0 Å². The second-order valence-corrected chi connectivity index (χ2v) is 6.92. The molecule has 0 saturated carbocycles. The Labute approximate surface area is 131 Å². The van der Waals surface area contributed by atoms with Crippen molar-refractivity contribution in [2.75, 3.05) is 25.0 Å². The third kappa shape index (κ3) is 6.04. The largest absolute Gasteiger partial charge is 0.360 e. The van der Waals surface area contributed by atoms with Crippen LogP contribution in [0.1, 0.15) is 65.1 Å². The Balaban J connectivity index is 2.97. The summed E-state index contributed by atoms with van der Waals surface area (Å²) in [6, 6.07) is 4.48. The normalized spacial score (nSPS) is 11.7.